The number of rotatable bonds is 4. The first-order valence-electron chi connectivity index (χ1n) is 6.60. The number of carbonyl (C=O) groups excluding carboxylic acids is 3. The van der Waals surface area contributed by atoms with Gasteiger partial charge in [0.05, 0.1) is 13.0 Å². The van der Waals surface area contributed by atoms with Crippen molar-refractivity contribution in [1.82, 2.24) is 10.2 Å². The summed E-state index contributed by atoms with van der Waals surface area (Å²) in [5.74, 6) is -0.373. The van der Waals surface area contributed by atoms with Crippen molar-refractivity contribution in [3.05, 3.63) is 0 Å². The fourth-order valence-electron chi connectivity index (χ4n) is 2.46. The van der Waals surface area contributed by atoms with Crippen molar-refractivity contribution in [2.24, 2.45) is 5.92 Å². The average Bonchev–Trinajstić information content (AvgIpc) is 2.27. The van der Waals surface area contributed by atoms with E-state index in [9.17, 15) is 14.4 Å². The number of nitrogens with one attached hydrogen (secondary N) is 1. The molecule has 2 unspecified atom stereocenters. The Balaban J connectivity index is 2.61. The van der Waals surface area contributed by atoms with Gasteiger partial charge in [0.25, 0.3) is 0 Å². The number of carbonyl (C=O) groups is 3. The maximum atomic E-state index is 11.5. The lowest BCUT2D eigenvalue weighted by Crippen LogP contribution is -2.52. The molecule has 6 nitrogen and oxygen atoms in total. The van der Waals surface area contributed by atoms with Crippen LogP contribution in [0.3, 0.4) is 0 Å². The first-order chi connectivity index (χ1) is 8.92. The topological polar surface area (TPSA) is 75.7 Å². The molecule has 0 aromatic heterocycles. The summed E-state index contributed by atoms with van der Waals surface area (Å²) in [5, 5.41) is 2.82. The third-order valence-corrected chi connectivity index (χ3v) is 3.15. The van der Waals surface area contributed by atoms with E-state index in [1.165, 1.54) is 13.8 Å². The van der Waals surface area contributed by atoms with Crippen molar-refractivity contribution in [3.8, 4) is 0 Å². The van der Waals surface area contributed by atoms with Crippen molar-refractivity contribution >= 4 is 17.8 Å². The van der Waals surface area contributed by atoms with Crippen LogP contribution in [0.15, 0.2) is 0 Å². The van der Waals surface area contributed by atoms with E-state index in [0.29, 0.717) is 26.1 Å². The minimum atomic E-state index is -0.250. The van der Waals surface area contributed by atoms with Crippen LogP contribution in [0.4, 0.5) is 0 Å². The summed E-state index contributed by atoms with van der Waals surface area (Å²) in [7, 11) is 0. The first kappa shape index (κ1) is 15.5. The minimum Gasteiger partial charge on any atom is -0.466 e. The molecule has 1 rings (SSSR count). The number of hydrogen-bond acceptors (Lipinski definition) is 4. The van der Waals surface area contributed by atoms with E-state index in [2.05, 4.69) is 5.32 Å². The molecular formula is C13H22N2O4. The Morgan fingerprint density at radius 2 is 1.95 bits per heavy atom. The van der Waals surface area contributed by atoms with Crippen LogP contribution in [0.2, 0.25) is 0 Å². The monoisotopic (exact) mass is 270 g/mol. The lowest BCUT2D eigenvalue weighted by atomic mass is 9.91. The van der Waals surface area contributed by atoms with E-state index >= 15 is 0 Å². The van der Waals surface area contributed by atoms with Crippen LogP contribution < -0.4 is 5.32 Å². The Kier molecular flexibility index (Phi) is 5.79. The zero-order valence-corrected chi connectivity index (χ0v) is 11.8. The average molecular weight is 270 g/mol. The predicted octanol–water partition coefficient (Wildman–Crippen LogP) is 0.313. The second-order valence-corrected chi connectivity index (χ2v) is 4.93. The molecule has 1 N–H and O–H groups in total. The van der Waals surface area contributed by atoms with Crippen molar-refractivity contribution in [2.75, 3.05) is 19.7 Å². The second kappa shape index (κ2) is 7.11. The molecule has 1 saturated heterocycles. The number of amides is 2. The maximum Gasteiger partial charge on any atom is 0.306 e. The lowest BCUT2D eigenvalue weighted by Gasteiger charge is -2.37. The summed E-state index contributed by atoms with van der Waals surface area (Å²) in [6.07, 6.45) is 0.982. The quantitative estimate of drug-likeness (QED) is 0.746. The van der Waals surface area contributed by atoms with Crippen LogP contribution in [0.5, 0.6) is 0 Å². The molecule has 1 aliphatic heterocycles. The molecule has 0 bridgehead atoms. The van der Waals surface area contributed by atoms with E-state index < -0.39 is 0 Å². The Labute approximate surface area is 113 Å². The van der Waals surface area contributed by atoms with Gasteiger partial charge in [-0.3, -0.25) is 14.4 Å². The van der Waals surface area contributed by atoms with Crippen LogP contribution in [0, 0.1) is 5.92 Å². The van der Waals surface area contributed by atoms with Gasteiger partial charge in [-0.05, 0) is 19.3 Å². The normalized spacial score (nSPS) is 22.8. The molecule has 0 aliphatic carbocycles. The summed E-state index contributed by atoms with van der Waals surface area (Å²) in [5.41, 5.74) is 0. The van der Waals surface area contributed by atoms with Gasteiger partial charge in [0, 0.05) is 33.0 Å². The van der Waals surface area contributed by atoms with Crippen LogP contribution >= 0.6 is 0 Å². The Morgan fingerprint density at radius 3 is 2.47 bits per heavy atom. The van der Waals surface area contributed by atoms with Crippen LogP contribution in [0.1, 0.15) is 33.6 Å². The van der Waals surface area contributed by atoms with Gasteiger partial charge in [-0.15, -0.1) is 0 Å². The molecule has 6 heteroatoms. The van der Waals surface area contributed by atoms with Gasteiger partial charge in [-0.1, -0.05) is 0 Å². The Hall–Kier alpha value is -1.59. The number of ether oxygens (including phenoxy) is 1. The summed E-state index contributed by atoms with van der Waals surface area (Å²) >= 11 is 0. The molecule has 0 saturated carbocycles. The smallest absolute Gasteiger partial charge is 0.306 e. The van der Waals surface area contributed by atoms with Gasteiger partial charge in [0.15, 0.2) is 0 Å². The lowest BCUT2D eigenvalue weighted by molar-refractivity contribution is -0.145. The predicted molar refractivity (Wildman–Crippen MR) is 69.2 cm³/mol. The number of piperidine rings is 1. The minimum absolute atomic E-state index is 0.0357. The van der Waals surface area contributed by atoms with Gasteiger partial charge in [0.1, 0.15) is 0 Å². The van der Waals surface area contributed by atoms with Gasteiger partial charge in [-0.25, -0.2) is 0 Å². The number of esters is 1. The fourth-order valence-corrected chi connectivity index (χ4v) is 2.46. The number of hydrogen-bond donors (Lipinski definition) is 1. The third-order valence-electron chi connectivity index (χ3n) is 3.15. The SMILES string of the molecule is CCOC(=O)CC1CC(NC(C)=O)CN(C(C)=O)C1. The van der Waals surface area contributed by atoms with Crippen molar-refractivity contribution < 1.29 is 19.1 Å². The van der Waals surface area contributed by atoms with E-state index in [0.717, 1.165) is 0 Å². The van der Waals surface area contributed by atoms with E-state index in [-0.39, 0.29) is 36.2 Å². The maximum absolute atomic E-state index is 11.5. The largest absolute Gasteiger partial charge is 0.466 e. The molecule has 2 atom stereocenters. The molecule has 1 heterocycles. The molecule has 0 radical (unpaired) electrons. The van der Waals surface area contributed by atoms with Crippen molar-refractivity contribution in [1.29, 1.82) is 0 Å². The van der Waals surface area contributed by atoms with Gasteiger partial charge in [0.2, 0.25) is 11.8 Å². The van der Waals surface area contributed by atoms with Crippen molar-refractivity contribution in [3.63, 3.8) is 0 Å². The highest BCUT2D eigenvalue weighted by atomic mass is 16.5. The zero-order valence-electron chi connectivity index (χ0n) is 11.8. The van der Waals surface area contributed by atoms with Crippen LogP contribution in [-0.4, -0.2) is 48.4 Å². The molecule has 0 aromatic rings. The highest BCUT2D eigenvalue weighted by Crippen LogP contribution is 2.21. The van der Waals surface area contributed by atoms with Gasteiger partial charge >= 0.3 is 5.97 Å². The summed E-state index contributed by atoms with van der Waals surface area (Å²) in [6.45, 7) is 6.13. The van der Waals surface area contributed by atoms with Crippen LogP contribution in [-0.2, 0) is 19.1 Å². The highest BCUT2D eigenvalue weighted by Gasteiger charge is 2.30. The molecule has 108 valence electrons. The van der Waals surface area contributed by atoms with Gasteiger partial charge < -0.3 is 15.0 Å². The molecule has 1 fully saturated rings. The van der Waals surface area contributed by atoms with E-state index in [4.69, 9.17) is 4.74 Å². The standard InChI is InChI=1S/C13H22N2O4/c1-4-19-13(18)6-11-5-12(14-9(2)16)8-15(7-11)10(3)17/h11-12H,4-8H2,1-3H3,(H,14,16). The van der Waals surface area contributed by atoms with Crippen LogP contribution in [0.25, 0.3) is 0 Å². The highest BCUT2D eigenvalue weighted by molar-refractivity contribution is 5.75. The number of nitrogens with zero attached hydrogens (tertiary/aromatic N) is 1. The summed E-state index contributed by atoms with van der Waals surface area (Å²) < 4.78 is 4.93. The zero-order chi connectivity index (χ0) is 14.4. The van der Waals surface area contributed by atoms with E-state index in [1.54, 1.807) is 11.8 Å². The molecule has 0 spiro atoms. The number of likely N-dealkylation sites (tertiary alicyclic amines) is 1. The Bertz CT molecular complexity index is 357. The molecule has 2 amide bonds. The molecule has 1 aliphatic rings. The third kappa shape index (κ3) is 5.28. The summed E-state index contributed by atoms with van der Waals surface area (Å²) in [4.78, 5) is 35.8. The van der Waals surface area contributed by atoms with E-state index in [1.807, 2.05) is 0 Å². The molecule has 0 aromatic carbocycles. The summed E-state index contributed by atoms with van der Waals surface area (Å²) in [6, 6.07) is -0.0884. The Morgan fingerprint density at radius 1 is 1.26 bits per heavy atom. The molecule has 19 heavy (non-hydrogen) atoms. The molecular weight excluding hydrogens is 248 g/mol. The van der Waals surface area contributed by atoms with Crippen molar-refractivity contribution in [2.45, 2.75) is 39.7 Å². The first-order valence-corrected chi connectivity index (χ1v) is 6.60. The fraction of sp³-hybridized carbons (Fsp3) is 0.769. The van der Waals surface area contributed by atoms with Gasteiger partial charge in [-0.2, -0.15) is 0 Å². The second-order valence-electron chi connectivity index (χ2n) is 4.93.